The van der Waals surface area contributed by atoms with Gasteiger partial charge in [0.15, 0.2) is 0 Å². The molecular weight excluding hydrogens is 192 g/mol. The van der Waals surface area contributed by atoms with Crippen LogP contribution in [0.4, 0.5) is 0 Å². The van der Waals surface area contributed by atoms with E-state index in [1.165, 1.54) is 0 Å². The highest BCUT2D eigenvalue weighted by atomic mass is 16.5. The van der Waals surface area contributed by atoms with E-state index in [0.717, 1.165) is 6.42 Å². The summed E-state index contributed by atoms with van der Waals surface area (Å²) in [7, 11) is 0. The summed E-state index contributed by atoms with van der Waals surface area (Å²) >= 11 is 0. The molecule has 15 heavy (non-hydrogen) atoms. The number of nitrogens with one attached hydrogen (secondary N) is 1. The van der Waals surface area contributed by atoms with Crippen LogP contribution in [0.25, 0.3) is 0 Å². The lowest BCUT2D eigenvalue weighted by molar-refractivity contribution is -0.125. The van der Waals surface area contributed by atoms with Crippen molar-refractivity contribution in [3.8, 4) is 12.3 Å². The fourth-order valence-electron chi connectivity index (χ4n) is 1.67. The van der Waals surface area contributed by atoms with Crippen LogP contribution in [0.3, 0.4) is 0 Å². The first-order chi connectivity index (χ1) is 7.19. The van der Waals surface area contributed by atoms with Crippen LogP contribution in [-0.2, 0) is 9.53 Å². The Morgan fingerprint density at radius 3 is 3.00 bits per heavy atom. The lowest BCUT2D eigenvalue weighted by Gasteiger charge is -2.42. The molecule has 4 heteroatoms. The fraction of sp³-hybridized carbons (Fsp3) is 0.727. The number of hydrogen-bond acceptors (Lipinski definition) is 3. The minimum atomic E-state index is -0.0461. The highest BCUT2D eigenvalue weighted by molar-refractivity contribution is 5.76. The van der Waals surface area contributed by atoms with Crippen molar-refractivity contribution >= 4 is 5.91 Å². The molecule has 0 saturated heterocycles. The average molecular weight is 210 g/mol. The van der Waals surface area contributed by atoms with E-state index in [9.17, 15) is 4.79 Å². The minimum absolute atomic E-state index is 0.0105. The van der Waals surface area contributed by atoms with Gasteiger partial charge in [-0.15, -0.1) is 12.3 Å². The molecule has 0 aromatic rings. The molecule has 3 N–H and O–H groups in total. The molecule has 1 fully saturated rings. The van der Waals surface area contributed by atoms with Crippen LogP contribution in [0.1, 0.15) is 26.2 Å². The lowest BCUT2D eigenvalue weighted by Crippen LogP contribution is -2.64. The maximum atomic E-state index is 11.4. The van der Waals surface area contributed by atoms with E-state index < -0.39 is 0 Å². The van der Waals surface area contributed by atoms with Gasteiger partial charge in [-0.25, -0.2) is 0 Å². The molecule has 1 saturated carbocycles. The summed E-state index contributed by atoms with van der Waals surface area (Å²) in [6, 6.07) is -0.0356. The maximum absolute atomic E-state index is 11.4. The fourth-order valence-corrected chi connectivity index (χ4v) is 1.67. The Labute approximate surface area is 90.5 Å². The Morgan fingerprint density at radius 2 is 2.47 bits per heavy atom. The molecule has 0 heterocycles. The highest BCUT2D eigenvalue weighted by Crippen LogP contribution is 2.22. The smallest absolute Gasteiger partial charge is 0.221 e. The number of carbonyl (C=O) groups excluding carboxylic acids is 1. The molecule has 0 radical (unpaired) electrons. The zero-order valence-corrected chi connectivity index (χ0v) is 9.03. The molecule has 0 aromatic carbocycles. The largest absolute Gasteiger partial charge is 0.376 e. The van der Waals surface area contributed by atoms with Crippen LogP contribution in [0.15, 0.2) is 0 Å². The van der Waals surface area contributed by atoms with Crippen molar-refractivity contribution in [2.75, 3.05) is 6.61 Å². The van der Waals surface area contributed by atoms with Crippen molar-refractivity contribution in [1.29, 1.82) is 0 Å². The SMILES string of the molecule is C#CCCC(=O)NC1C(N)CC1OCC. The van der Waals surface area contributed by atoms with Gasteiger partial charge < -0.3 is 15.8 Å². The normalized spacial score (nSPS) is 29.0. The summed E-state index contributed by atoms with van der Waals surface area (Å²) in [5.41, 5.74) is 5.79. The topological polar surface area (TPSA) is 64.4 Å². The summed E-state index contributed by atoms with van der Waals surface area (Å²) in [5, 5.41) is 2.85. The third-order valence-electron chi connectivity index (χ3n) is 2.57. The van der Waals surface area contributed by atoms with Gasteiger partial charge in [-0.2, -0.15) is 0 Å². The van der Waals surface area contributed by atoms with E-state index in [4.69, 9.17) is 16.9 Å². The number of nitrogens with two attached hydrogens (primary N) is 1. The maximum Gasteiger partial charge on any atom is 0.221 e. The van der Waals surface area contributed by atoms with Gasteiger partial charge in [0.2, 0.25) is 5.91 Å². The summed E-state index contributed by atoms with van der Waals surface area (Å²) < 4.78 is 5.43. The molecule has 84 valence electrons. The number of ether oxygens (including phenoxy) is 1. The van der Waals surface area contributed by atoms with Crippen molar-refractivity contribution in [3.63, 3.8) is 0 Å². The Morgan fingerprint density at radius 1 is 1.73 bits per heavy atom. The summed E-state index contributed by atoms with van der Waals surface area (Å²) in [5.74, 6) is 2.39. The second-order valence-electron chi connectivity index (χ2n) is 3.69. The number of rotatable bonds is 5. The molecule has 1 rings (SSSR count). The molecule has 0 spiro atoms. The monoisotopic (exact) mass is 210 g/mol. The molecule has 1 aliphatic rings. The van der Waals surface area contributed by atoms with Crippen LogP contribution in [0.5, 0.6) is 0 Å². The van der Waals surface area contributed by atoms with Gasteiger partial charge in [-0.1, -0.05) is 0 Å². The van der Waals surface area contributed by atoms with E-state index in [2.05, 4.69) is 11.2 Å². The predicted molar refractivity (Wildman–Crippen MR) is 58.0 cm³/mol. The Balaban J connectivity index is 2.30. The predicted octanol–water partition coefficient (Wildman–Crippen LogP) is 0.0207. The first kappa shape index (κ1) is 12.0. The zero-order valence-electron chi connectivity index (χ0n) is 9.03. The summed E-state index contributed by atoms with van der Waals surface area (Å²) in [4.78, 5) is 11.4. The van der Waals surface area contributed by atoms with Gasteiger partial charge >= 0.3 is 0 Å². The van der Waals surface area contributed by atoms with Crippen molar-refractivity contribution in [2.24, 2.45) is 5.73 Å². The number of carbonyl (C=O) groups is 1. The average Bonchev–Trinajstić information content (AvgIpc) is 2.23. The van der Waals surface area contributed by atoms with Gasteiger partial charge in [0.05, 0.1) is 12.1 Å². The van der Waals surface area contributed by atoms with Crippen LogP contribution in [0, 0.1) is 12.3 Å². The van der Waals surface area contributed by atoms with E-state index in [1.54, 1.807) is 0 Å². The third-order valence-corrected chi connectivity index (χ3v) is 2.57. The van der Waals surface area contributed by atoms with E-state index in [0.29, 0.717) is 19.4 Å². The highest BCUT2D eigenvalue weighted by Gasteiger charge is 2.40. The molecule has 0 aliphatic heterocycles. The Hall–Kier alpha value is -1.05. The second-order valence-corrected chi connectivity index (χ2v) is 3.69. The molecule has 0 aromatic heterocycles. The van der Waals surface area contributed by atoms with E-state index in [1.807, 2.05) is 6.92 Å². The van der Waals surface area contributed by atoms with Crippen LogP contribution in [-0.4, -0.2) is 30.7 Å². The van der Waals surface area contributed by atoms with Crippen molar-refractivity contribution < 1.29 is 9.53 Å². The van der Waals surface area contributed by atoms with Gasteiger partial charge in [0.25, 0.3) is 0 Å². The van der Waals surface area contributed by atoms with Crippen molar-refractivity contribution in [2.45, 2.75) is 44.4 Å². The summed E-state index contributed by atoms with van der Waals surface area (Å²) in [6.45, 7) is 2.58. The Kier molecular flexibility index (Phi) is 4.60. The molecule has 1 aliphatic carbocycles. The molecular formula is C11H18N2O2. The van der Waals surface area contributed by atoms with Gasteiger partial charge in [0.1, 0.15) is 0 Å². The first-order valence-electron chi connectivity index (χ1n) is 5.29. The zero-order chi connectivity index (χ0) is 11.3. The third kappa shape index (κ3) is 3.22. The molecule has 3 atom stereocenters. The van der Waals surface area contributed by atoms with E-state index >= 15 is 0 Å². The molecule has 3 unspecified atom stereocenters. The summed E-state index contributed by atoms with van der Waals surface area (Å²) in [6.07, 6.45) is 6.78. The number of hydrogen-bond donors (Lipinski definition) is 2. The van der Waals surface area contributed by atoms with Crippen LogP contribution < -0.4 is 11.1 Å². The number of terminal acetylenes is 1. The first-order valence-corrected chi connectivity index (χ1v) is 5.29. The minimum Gasteiger partial charge on any atom is -0.376 e. The second kappa shape index (κ2) is 5.74. The standard InChI is InChI=1S/C11H18N2O2/c1-3-5-6-10(14)13-11-8(12)7-9(11)15-4-2/h1,8-9,11H,4-7,12H2,2H3,(H,13,14). The lowest BCUT2D eigenvalue weighted by atomic mass is 9.83. The Bertz CT molecular complexity index is 258. The molecule has 1 amide bonds. The van der Waals surface area contributed by atoms with Crippen LogP contribution in [0.2, 0.25) is 0 Å². The van der Waals surface area contributed by atoms with Crippen molar-refractivity contribution in [3.05, 3.63) is 0 Å². The molecule has 4 nitrogen and oxygen atoms in total. The van der Waals surface area contributed by atoms with E-state index in [-0.39, 0.29) is 24.1 Å². The van der Waals surface area contributed by atoms with Crippen molar-refractivity contribution in [1.82, 2.24) is 5.32 Å². The molecule has 0 bridgehead atoms. The van der Waals surface area contributed by atoms with Gasteiger partial charge in [-0.05, 0) is 13.3 Å². The quantitative estimate of drug-likeness (QED) is 0.629. The number of amides is 1. The van der Waals surface area contributed by atoms with Gasteiger partial charge in [-0.3, -0.25) is 4.79 Å². The van der Waals surface area contributed by atoms with Crippen LogP contribution >= 0.6 is 0 Å². The van der Waals surface area contributed by atoms with Gasteiger partial charge in [0, 0.05) is 25.5 Å².